The number of rotatable bonds is 5. The maximum Gasteiger partial charge on any atom is 0.302 e. The Morgan fingerprint density at radius 3 is 2.82 bits per heavy atom. The fraction of sp³-hybridized carbons (Fsp3) is 0.833. The van der Waals surface area contributed by atoms with Crippen molar-refractivity contribution in [3.63, 3.8) is 0 Å². The second kappa shape index (κ2) is 7.40. The Balaban J connectivity index is 2.95. The van der Waals surface area contributed by atoms with Gasteiger partial charge in [-0.05, 0) is 6.42 Å². The molecular weight excluding hydrogens is 143 g/mol. The van der Waals surface area contributed by atoms with E-state index in [1.54, 1.807) is 7.98 Å². The van der Waals surface area contributed by atoms with Crippen LogP contribution in [0.4, 0.5) is 4.79 Å². The summed E-state index contributed by atoms with van der Waals surface area (Å²) in [7, 11) is 1.59. The van der Waals surface area contributed by atoms with E-state index < -0.39 is 0 Å². The summed E-state index contributed by atoms with van der Waals surface area (Å²) in [5.41, 5.74) is 0. The van der Waals surface area contributed by atoms with Crippen molar-refractivity contribution in [2.24, 2.45) is 0 Å². The highest BCUT2D eigenvalue weighted by atomic mass is 16.5. The zero-order chi connectivity index (χ0) is 8.53. The molecule has 0 saturated carbocycles. The number of urea groups is 1. The average Bonchev–Trinajstić information content (AvgIpc) is 2.04. The van der Waals surface area contributed by atoms with Crippen molar-refractivity contribution < 1.29 is 9.53 Å². The molecule has 0 atom stereocenters. The van der Waals surface area contributed by atoms with Crippen LogP contribution in [0.5, 0.6) is 0 Å². The first-order valence-electron chi connectivity index (χ1n) is 3.84. The van der Waals surface area contributed by atoms with E-state index in [1.807, 2.05) is 6.92 Å². The number of amides is 2. The monoisotopic (exact) mass is 158 g/mol. The summed E-state index contributed by atoms with van der Waals surface area (Å²) in [5, 5.41) is 5.07. The van der Waals surface area contributed by atoms with Crippen molar-refractivity contribution in [2.75, 3.05) is 19.8 Å². The Hall–Kier alpha value is -0.705. The topological polar surface area (TPSA) is 50.4 Å². The minimum Gasteiger partial charge on any atom is -0.389 e. The maximum absolute atomic E-state index is 10.6. The summed E-state index contributed by atoms with van der Waals surface area (Å²) in [4.78, 5) is 10.6. The molecule has 5 heteroatoms. The molecule has 2 N–H and O–H groups in total. The highest BCUT2D eigenvalue weighted by Gasteiger charge is 1.92. The first-order valence-corrected chi connectivity index (χ1v) is 3.84. The molecule has 0 aliphatic carbocycles. The van der Waals surface area contributed by atoms with Gasteiger partial charge >= 0.3 is 6.03 Å². The molecule has 2 amide bonds. The molecule has 0 aromatic heterocycles. The van der Waals surface area contributed by atoms with Crippen LogP contribution in [-0.4, -0.2) is 33.8 Å². The van der Waals surface area contributed by atoms with Crippen LogP contribution in [0.15, 0.2) is 0 Å². The van der Waals surface area contributed by atoms with Crippen molar-refractivity contribution in [3.05, 3.63) is 0 Å². The predicted octanol–water partition coefficient (Wildman–Crippen LogP) is -0.740. The molecule has 4 nitrogen and oxygen atoms in total. The fourth-order valence-electron chi connectivity index (χ4n) is 0.572. The summed E-state index contributed by atoms with van der Waals surface area (Å²) in [5.74, 6) is 0. The molecule has 0 aliphatic heterocycles. The molecule has 0 aliphatic rings. The molecule has 0 unspecified atom stereocenters. The molecule has 0 radical (unpaired) electrons. The zero-order valence-corrected chi connectivity index (χ0v) is 7.14. The lowest BCUT2D eigenvalue weighted by Crippen LogP contribution is -2.35. The van der Waals surface area contributed by atoms with Gasteiger partial charge < -0.3 is 15.3 Å². The molecule has 0 fully saturated rings. The van der Waals surface area contributed by atoms with E-state index in [0.717, 1.165) is 13.0 Å². The standard InChI is InChI=1S/C6H15BN2O2/c1-2-4-11-5-3-8-6(10)9-7/h2-5,7H2,1H3,(H2,8,9,10). The van der Waals surface area contributed by atoms with Gasteiger partial charge in [0, 0.05) is 13.2 Å². The van der Waals surface area contributed by atoms with Crippen LogP contribution >= 0.6 is 0 Å². The summed E-state index contributed by atoms with van der Waals surface area (Å²) >= 11 is 0. The molecule has 0 heterocycles. The van der Waals surface area contributed by atoms with Crippen LogP contribution in [-0.2, 0) is 4.74 Å². The predicted molar refractivity (Wildman–Crippen MR) is 46.2 cm³/mol. The van der Waals surface area contributed by atoms with E-state index in [0.29, 0.717) is 13.2 Å². The van der Waals surface area contributed by atoms with Gasteiger partial charge in [-0.25, -0.2) is 0 Å². The third-order valence-electron chi connectivity index (χ3n) is 1.11. The summed E-state index contributed by atoms with van der Waals surface area (Å²) in [6, 6.07) is -0.162. The molecule has 0 aromatic carbocycles. The number of carbonyl (C=O) groups is 1. The largest absolute Gasteiger partial charge is 0.389 e. The van der Waals surface area contributed by atoms with Gasteiger partial charge in [0.1, 0.15) is 0 Å². The van der Waals surface area contributed by atoms with Crippen molar-refractivity contribution in [1.82, 2.24) is 10.5 Å². The quantitative estimate of drug-likeness (QED) is 0.409. The van der Waals surface area contributed by atoms with Gasteiger partial charge in [-0.2, -0.15) is 0 Å². The average molecular weight is 158 g/mol. The highest BCUT2D eigenvalue weighted by molar-refractivity contribution is 6.13. The Bertz CT molecular complexity index is 111. The van der Waals surface area contributed by atoms with Crippen molar-refractivity contribution in [1.29, 1.82) is 0 Å². The lowest BCUT2D eigenvalue weighted by atomic mass is 10.4. The van der Waals surface area contributed by atoms with Gasteiger partial charge in [0.2, 0.25) is 7.98 Å². The SMILES string of the molecule is BNC(=O)NCCOCCC. The van der Waals surface area contributed by atoms with Crippen LogP contribution in [0.25, 0.3) is 0 Å². The third kappa shape index (κ3) is 7.19. The van der Waals surface area contributed by atoms with Crippen molar-refractivity contribution in [3.8, 4) is 0 Å². The van der Waals surface area contributed by atoms with E-state index in [4.69, 9.17) is 4.74 Å². The molecule has 0 spiro atoms. The molecule has 0 aromatic rings. The summed E-state index contributed by atoms with van der Waals surface area (Å²) < 4.78 is 5.14. The van der Waals surface area contributed by atoms with Gasteiger partial charge in [0.25, 0.3) is 0 Å². The summed E-state index contributed by atoms with van der Waals surface area (Å²) in [6.07, 6.45) is 1.01. The lowest BCUT2D eigenvalue weighted by molar-refractivity contribution is 0.137. The van der Waals surface area contributed by atoms with Crippen LogP contribution in [0.2, 0.25) is 0 Å². The minimum absolute atomic E-state index is 0.162. The van der Waals surface area contributed by atoms with Crippen molar-refractivity contribution >= 4 is 14.0 Å². The van der Waals surface area contributed by atoms with E-state index in [2.05, 4.69) is 10.5 Å². The molecule has 64 valence electrons. The maximum atomic E-state index is 10.6. The van der Waals surface area contributed by atoms with Crippen molar-refractivity contribution in [2.45, 2.75) is 13.3 Å². The zero-order valence-electron chi connectivity index (χ0n) is 7.14. The fourth-order valence-corrected chi connectivity index (χ4v) is 0.572. The number of hydrogen-bond acceptors (Lipinski definition) is 2. The molecule has 0 rings (SSSR count). The first kappa shape index (κ1) is 10.3. The third-order valence-corrected chi connectivity index (χ3v) is 1.11. The van der Waals surface area contributed by atoms with Gasteiger partial charge in [0.05, 0.1) is 6.61 Å². The van der Waals surface area contributed by atoms with Gasteiger partial charge in [-0.1, -0.05) is 6.92 Å². The Labute approximate surface area is 68.1 Å². The normalized spacial score (nSPS) is 9.18. The Morgan fingerprint density at radius 1 is 1.55 bits per heavy atom. The second-order valence-corrected chi connectivity index (χ2v) is 2.12. The summed E-state index contributed by atoms with van der Waals surface area (Å²) in [6.45, 7) is 3.96. The number of hydrogen-bond donors (Lipinski definition) is 2. The molecule has 0 bridgehead atoms. The van der Waals surface area contributed by atoms with Gasteiger partial charge in [-0.15, -0.1) is 0 Å². The van der Waals surface area contributed by atoms with E-state index in [9.17, 15) is 4.79 Å². The first-order chi connectivity index (χ1) is 5.31. The molecule has 11 heavy (non-hydrogen) atoms. The highest BCUT2D eigenvalue weighted by Crippen LogP contribution is 1.77. The number of carbonyl (C=O) groups excluding carboxylic acids is 1. The molecule has 0 saturated heterocycles. The van der Waals surface area contributed by atoms with Gasteiger partial charge in [-0.3, -0.25) is 4.79 Å². The molecular formula is C6H15BN2O2. The Kier molecular flexibility index (Phi) is 6.93. The number of nitrogens with one attached hydrogen (secondary N) is 2. The second-order valence-electron chi connectivity index (χ2n) is 2.12. The van der Waals surface area contributed by atoms with E-state index in [1.165, 1.54) is 0 Å². The van der Waals surface area contributed by atoms with Crippen LogP contribution in [0, 0.1) is 0 Å². The number of ether oxygens (including phenoxy) is 1. The van der Waals surface area contributed by atoms with Crippen LogP contribution < -0.4 is 10.5 Å². The smallest absolute Gasteiger partial charge is 0.302 e. The van der Waals surface area contributed by atoms with E-state index in [-0.39, 0.29) is 6.03 Å². The Morgan fingerprint density at radius 2 is 2.27 bits per heavy atom. The van der Waals surface area contributed by atoms with Gasteiger partial charge in [0.15, 0.2) is 0 Å². The van der Waals surface area contributed by atoms with Crippen LogP contribution in [0.3, 0.4) is 0 Å². The minimum atomic E-state index is -0.162. The lowest BCUT2D eigenvalue weighted by Gasteiger charge is -2.04. The van der Waals surface area contributed by atoms with Crippen LogP contribution in [0.1, 0.15) is 13.3 Å². The van der Waals surface area contributed by atoms with E-state index >= 15 is 0 Å².